The van der Waals surface area contributed by atoms with Gasteiger partial charge in [0.15, 0.2) is 0 Å². The standard InChI is InChI=1S/C37H44N4O2/c1-27(2)38-22-11-18-35-37(43)41(26-34(29-13-5-3-6-14-29)30-15-7-4-8-16-30)23-21-33(40-35)25-39-36(42)32-20-19-28-12-9-10-17-31(28)24-32/h3-10,12-17,19-20,24,27,33-35,38,40H,11,18,21-23,25-26H2,1-2H3,(H,39,42). The molecular weight excluding hydrogens is 532 g/mol. The third-order valence-electron chi connectivity index (χ3n) is 8.34. The van der Waals surface area contributed by atoms with Crippen molar-refractivity contribution in [2.45, 2.75) is 57.2 Å². The van der Waals surface area contributed by atoms with Gasteiger partial charge in [0.1, 0.15) is 0 Å². The predicted octanol–water partition coefficient (Wildman–Crippen LogP) is 5.74. The number of carbonyl (C=O) groups is 2. The van der Waals surface area contributed by atoms with Crippen molar-refractivity contribution >= 4 is 22.6 Å². The fourth-order valence-corrected chi connectivity index (χ4v) is 5.97. The smallest absolute Gasteiger partial charge is 0.251 e. The van der Waals surface area contributed by atoms with Gasteiger partial charge in [0.05, 0.1) is 6.04 Å². The largest absolute Gasteiger partial charge is 0.350 e. The summed E-state index contributed by atoms with van der Waals surface area (Å²) in [6, 6.07) is 34.9. The lowest BCUT2D eigenvalue weighted by molar-refractivity contribution is -0.133. The van der Waals surface area contributed by atoms with Gasteiger partial charge >= 0.3 is 0 Å². The average molecular weight is 577 g/mol. The zero-order valence-electron chi connectivity index (χ0n) is 25.3. The molecule has 0 spiro atoms. The lowest BCUT2D eigenvalue weighted by Gasteiger charge is -2.29. The molecule has 4 aromatic carbocycles. The van der Waals surface area contributed by atoms with Crippen molar-refractivity contribution in [2.24, 2.45) is 0 Å². The van der Waals surface area contributed by atoms with E-state index in [1.807, 2.05) is 59.5 Å². The van der Waals surface area contributed by atoms with E-state index in [0.717, 1.165) is 36.6 Å². The molecular formula is C37H44N4O2. The van der Waals surface area contributed by atoms with E-state index in [9.17, 15) is 9.59 Å². The molecule has 1 aliphatic heterocycles. The summed E-state index contributed by atoms with van der Waals surface area (Å²) < 4.78 is 0. The summed E-state index contributed by atoms with van der Waals surface area (Å²) in [7, 11) is 0. The van der Waals surface area contributed by atoms with Crippen LogP contribution in [0.4, 0.5) is 0 Å². The number of hydrogen-bond acceptors (Lipinski definition) is 4. The zero-order chi connectivity index (χ0) is 30.0. The fourth-order valence-electron chi connectivity index (χ4n) is 5.97. The highest BCUT2D eigenvalue weighted by molar-refractivity contribution is 5.98. The maximum Gasteiger partial charge on any atom is 0.251 e. The Kier molecular flexibility index (Phi) is 10.6. The van der Waals surface area contributed by atoms with Crippen LogP contribution in [0.1, 0.15) is 60.5 Å². The van der Waals surface area contributed by atoms with Crippen LogP contribution in [0.2, 0.25) is 0 Å². The van der Waals surface area contributed by atoms with Gasteiger partial charge in [-0.2, -0.15) is 0 Å². The van der Waals surface area contributed by atoms with E-state index in [2.05, 4.69) is 78.3 Å². The van der Waals surface area contributed by atoms with Crippen LogP contribution in [0.3, 0.4) is 0 Å². The van der Waals surface area contributed by atoms with Crippen molar-refractivity contribution in [1.82, 2.24) is 20.9 Å². The highest BCUT2D eigenvalue weighted by Crippen LogP contribution is 2.27. The summed E-state index contributed by atoms with van der Waals surface area (Å²) in [5, 5.41) is 12.4. The van der Waals surface area contributed by atoms with Crippen molar-refractivity contribution < 1.29 is 9.59 Å². The van der Waals surface area contributed by atoms with Crippen LogP contribution < -0.4 is 16.0 Å². The number of rotatable bonds is 12. The van der Waals surface area contributed by atoms with Gasteiger partial charge in [0.25, 0.3) is 5.91 Å². The Morgan fingerprint density at radius 2 is 1.53 bits per heavy atom. The first-order chi connectivity index (χ1) is 21.0. The summed E-state index contributed by atoms with van der Waals surface area (Å²) in [5.41, 5.74) is 3.06. The molecule has 1 aliphatic rings. The highest BCUT2D eigenvalue weighted by Gasteiger charge is 2.32. The molecule has 4 aromatic rings. The van der Waals surface area contributed by atoms with Crippen molar-refractivity contribution in [3.8, 4) is 0 Å². The number of benzene rings is 4. The Hall–Kier alpha value is -4.00. The molecule has 0 aromatic heterocycles. The van der Waals surface area contributed by atoms with Crippen LogP contribution in [0.15, 0.2) is 103 Å². The van der Waals surface area contributed by atoms with Crippen LogP contribution in [-0.4, -0.2) is 61.0 Å². The quantitative estimate of drug-likeness (QED) is 0.188. The molecule has 3 N–H and O–H groups in total. The van der Waals surface area contributed by atoms with Crippen LogP contribution in [0.25, 0.3) is 10.8 Å². The summed E-state index contributed by atoms with van der Waals surface area (Å²) in [6.45, 7) is 6.86. The molecule has 6 nitrogen and oxygen atoms in total. The van der Waals surface area contributed by atoms with Gasteiger partial charge in [-0.15, -0.1) is 0 Å². The number of carbonyl (C=O) groups excluding carboxylic acids is 2. The molecule has 43 heavy (non-hydrogen) atoms. The predicted molar refractivity (Wildman–Crippen MR) is 175 cm³/mol. The van der Waals surface area contributed by atoms with Crippen LogP contribution >= 0.6 is 0 Å². The molecule has 6 heteroatoms. The molecule has 1 saturated heterocycles. The second kappa shape index (κ2) is 14.9. The van der Waals surface area contributed by atoms with Crippen LogP contribution in [-0.2, 0) is 4.79 Å². The minimum Gasteiger partial charge on any atom is -0.350 e. The van der Waals surface area contributed by atoms with Gasteiger partial charge in [-0.1, -0.05) is 105 Å². The van der Waals surface area contributed by atoms with E-state index in [4.69, 9.17) is 0 Å². The van der Waals surface area contributed by atoms with Gasteiger partial charge < -0.3 is 20.9 Å². The van der Waals surface area contributed by atoms with E-state index < -0.39 is 0 Å². The monoisotopic (exact) mass is 576 g/mol. The van der Waals surface area contributed by atoms with Crippen molar-refractivity contribution in [2.75, 3.05) is 26.2 Å². The van der Waals surface area contributed by atoms with Gasteiger partial charge in [-0.05, 0) is 59.8 Å². The minimum absolute atomic E-state index is 0.00619. The first kappa shape index (κ1) is 30.5. The topological polar surface area (TPSA) is 73.5 Å². The number of nitrogens with zero attached hydrogens (tertiary/aromatic N) is 1. The molecule has 0 radical (unpaired) electrons. The maximum absolute atomic E-state index is 14.1. The SMILES string of the molecule is CC(C)NCCCC1NC(CNC(=O)c2ccc3ccccc3c2)CCN(CC(c2ccccc2)c2ccccc2)C1=O. The molecule has 0 aliphatic carbocycles. The summed E-state index contributed by atoms with van der Waals surface area (Å²) in [4.78, 5) is 29.2. The Morgan fingerprint density at radius 3 is 2.21 bits per heavy atom. The normalized spacial score (nSPS) is 17.4. The van der Waals surface area contributed by atoms with Gasteiger partial charge in [-0.3, -0.25) is 9.59 Å². The van der Waals surface area contributed by atoms with E-state index in [1.54, 1.807) is 0 Å². The Morgan fingerprint density at radius 1 is 0.884 bits per heavy atom. The van der Waals surface area contributed by atoms with Crippen molar-refractivity contribution in [1.29, 1.82) is 0 Å². The van der Waals surface area contributed by atoms with Crippen molar-refractivity contribution in [3.05, 3.63) is 120 Å². The fraction of sp³-hybridized carbons (Fsp3) is 0.351. The highest BCUT2D eigenvalue weighted by atomic mass is 16.2. The third kappa shape index (κ3) is 8.31. The number of hydrogen-bond donors (Lipinski definition) is 3. The number of nitrogens with one attached hydrogen (secondary N) is 3. The second-order valence-corrected chi connectivity index (χ2v) is 11.9. The van der Waals surface area contributed by atoms with E-state index in [0.29, 0.717) is 31.2 Å². The van der Waals surface area contributed by atoms with Gasteiger partial charge in [-0.25, -0.2) is 0 Å². The maximum atomic E-state index is 14.1. The molecule has 5 rings (SSSR count). The molecule has 0 saturated carbocycles. The third-order valence-corrected chi connectivity index (χ3v) is 8.34. The second-order valence-electron chi connectivity index (χ2n) is 11.9. The van der Waals surface area contributed by atoms with Crippen LogP contribution in [0, 0.1) is 0 Å². The Bertz CT molecular complexity index is 1430. The molecule has 2 unspecified atom stereocenters. The van der Waals surface area contributed by atoms with Crippen LogP contribution in [0.5, 0.6) is 0 Å². The minimum atomic E-state index is -0.300. The summed E-state index contributed by atoms with van der Waals surface area (Å²) in [6.07, 6.45) is 2.40. The van der Waals surface area contributed by atoms with Gasteiger partial charge in [0.2, 0.25) is 5.91 Å². The Labute approximate surface area is 255 Å². The summed E-state index contributed by atoms with van der Waals surface area (Å²) >= 11 is 0. The number of amides is 2. The first-order valence-electron chi connectivity index (χ1n) is 15.6. The molecule has 2 atom stereocenters. The average Bonchev–Trinajstić information content (AvgIpc) is 3.19. The zero-order valence-corrected chi connectivity index (χ0v) is 25.3. The molecule has 224 valence electrons. The lowest BCUT2D eigenvalue weighted by atomic mass is 9.90. The van der Waals surface area contributed by atoms with Gasteiger partial charge in [0, 0.05) is 43.2 Å². The van der Waals surface area contributed by atoms with Crippen molar-refractivity contribution in [3.63, 3.8) is 0 Å². The molecule has 0 bridgehead atoms. The molecule has 1 fully saturated rings. The molecule has 1 heterocycles. The Balaban J connectivity index is 1.30. The van der Waals surface area contributed by atoms with E-state index >= 15 is 0 Å². The summed E-state index contributed by atoms with van der Waals surface area (Å²) in [5.74, 6) is 0.134. The molecule has 2 amide bonds. The lowest BCUT2D eigenvalue weighted by Crippen LogP contribution is -2.49. The van der Waals surface area contributed by atoms with E-state index in [-0.39, 0.29) is 29.8 Å². The first-order valence-corrected chi connectivity index (χ1v) is 15.6. The number of fused-ring (bicyclic) bond motifs is 1. The van der Waals surface area contributed by atoms with E-state index in [1.165, 1.54) is 11.1 Å².